The Bertz CT molecular complexity index is 170. The maximum Gasteiger partial charge on any atom is 0.233 e. The van der Waals surface area contributed by atoms with E-state index in [9.17, 15) is 4.79 Å². The second-order valence-corrected chi connectivity index (χ2v) is 4.27. The van der Waals surface area contributed by atoms with Gasteiger partial charge in [-0.15, -0.1) is 0 Å². The molecule has 0 heterocycles. The molecule has 0 aromatic carbocycles. The quantitative estimate of drug-likeness (QED) is 0.549. The highest BCUT2D eigenvalue weighted by Gasteiger charge is 2.16. The van der Waals surface area contributed by atoms with Crippen molar-refractivity contribution in [3.8, 4) is 0 Å². The largest absolute Gasteiger partial charge is 0.396 e. The van der Waals surface area contributed by atoms with Gasteiger partial charge in [-0.3, -0.25) is 4.79 Å². The van der Waals surface area contributed by atoms with Crippen molar-refractivity contribution in [2.75, 3.05) is 26.7 Å². The van der Waals surface area contributed by atoms with E-state index in [2.05, 4.69) is 24.5 Å². The van der Waals surface area contributed by atoms with Gasteiger partial charge in [0.2, 0.25) is 5.91 Å². The summed E-state index contributed by atoms with van der Waals surface area (Å²) < 4.78 is 0. The molecule has 0 bridgehead atoms. The summed E-state index contributed by atoms with van der Waals surface area (Å²) >= 11 is 0. The highest BCUT2D eigenvalue weighted by atomic mass is 16.2. The molecular formula is C10H22N2O2. The zero-order chi connectivity index (χ0) is 11.0. The summed E-state index contributed by atoms with van der Waals surface area (Å²) in [6, 6.07) is 0. The molecule has 0 unspecified atom stereocenters. The van der Waals surface area contributed by atoms with Crippen molar-refractivity contribution in [3.63, 3.8) is 0 Å². The van der Waals surface area contributed by atoms with Crippen LogP contribution in [0.2, 0.25) is 0 Å². The first-order valence-corrected chi connectivity index (χ1v) is 5.04. The van der Waals surface area contributed by atoms with Crippen LogP contribution in [0.1, 0.15) is 26.7 Å². The van der Waals surface area contributed by atoms with E-state index >= 15 is 0 Å². The van der Waals surface area contributed by atoms with Crippen LogP contribution in [0.4, 0.5) is 0 Å². The SMILES string of the molecule is CNC(=O)CNCC(C)(C)CCCO. The van der Waals surface area contributed by atoms with Crippen LogP contribution in [0.5, 0.6) is 0 Å². The Hall–Kier alpha value is -0.610. The first-order valence-electron chi connectivity index (χ1n) is 5.04. The Morgan fingerprint density at radius 2 is 2.07 bits per heavy atom. The van der Waals surface area contributed by atoms with Gasteiger partial charge >= 0.3 is 0 Å². The van der Waals surface area contributed by atoms with Crippen LogP contribution in [0, 0.1) is 5.41 Å². The van der Waals surface area contributed by atoms with Gasteiger partial charge in [-0.1, -0.05) is 13.8 Å². The number of rotatable bonds is 7. The third-order valence-electron chi connectivity index (χ3n) is 2.18. The molecule has 0 aromatic rings. The third kappa shape index (κ3) is 6.86. The summed E-state index contributed by atoms with van der Waals surface area (Å²) in [6.07, 6.45) is 1.78. The summed E-state index contributed by atoms with van der Waals surface area (Å²) in [5, 5.41) is 14.3. The van der Waals surface area contributed by atoms with Gasteiger partial charge < -0.3 is 15.7 Å². The van der Waals surface area contributed by atoms with Crippen molar-refractivity contribution in [2.24, 2.45) is 5.41 Å². The van der Waals surface area contributed by atoms with Crippen LogP contribution < -0.4 is 10.6 Å². The van der Waals surface area contributed by atoms with Crippen molar-refractivity contribution in [2.45, 2.75) is 26.7 Å². The Labute approximate surface area is 86.1 Å². The molecule has 0 radical (unpaired) electrons. The smallest absolute Gasteiger partial charge is 0.233 e. The fraction of sp³-hybridized carbons (Fsp3) is 0.900. The predicted molar refractivity (Wildman–Crippen MR) is 57.0 cm³/mol. The van der Waals surface area contributed by atoms with Gasteiger partial charge in [0.1, 0.15) is 0 Å². The summed E-state index contributed by atoms with van der Waals surface area (Å²) in [7, 11) is 1.63. The molecule has 3 N–H and O–H groups in total. The zero-order valence-electron chi connectivity index (χ0n) is 9.39. The van der Waals surface area contributed by atoms with Crippen LogP contribution in [-0.4, -0.2) is 37.8 Å². The fourth-order valence-corrected chi connectivity index (χ4v) is 1.25. The molecule has 0 spiro atoms. The topological polar surface area (TPSA) is 61.4 Å². The lowest BCUT2D eigenvalue weighted by Gasteiger charge is -2.24. The number of hydrogen-bond acceptors (Lipinski definition) is 3. The van der Waals surface area contributed by atoms with Gasteiger partial charge in [0, 0.05) is 20.2 Å². The van der Waals surface area contributed by atoms with Gasteiger partial charge in [0.05, 0.1) is 6.54 Å². The van der Waals surface area contributed by atoms with Gasteiger partial charge in [0.25, 0.3) is 0 Å². The van der Waals surface area contributed by atoms with Crippen LogP contribution in [0.25, 0.3) is 0 Å². The van der Waals surface area contributed by atoms with Crippen molar-refractivity contribution in [3.05, 3.63) is 0 Å². The van der Waals surface area contributed by atoms with Gasteiger partial charge in [-0.25, -0.2) is 0 Å². The lowest BCUT2D eigenvalue weighted by atomic mass is 9.88. The van der Waals surface area contributed by atoms with Gasteiger partial charge in [0.15, 0.2) is 0 Å². The zero-order valence-corrected chi connectivity index (χ0v) is 9.39. The van der Waals surface area contributed by atoms with Crippen LogP contribution in [0.15, 0.2) is 0 Å². The average molecular weight is 202 g/mol. The molecule has 0 fully saturated rings. The third-order valence-corrected chi connectivity index (χ3v) is 2.18. The minimum atomic E-state index is 0.00274. The van der Waals surface area contributed by atoms with Crippen LogP contribution in [0.3, 0.4) is 0 Å². The second kappa shape index (κ2) is 6.79. The number of hydrogen-bond donors (Lipinski definition) is 3. The number of nitrogens with one attached hydrogen (secondary N) is 2. The summed E-state index contributed by atoms with van der Waals surface area (Å²) in [6.45, 7) is 5.64. The summed E-state index contributed by atoms with van der Waals surface area (Å²) in [5.74, 6) is 0.00274. The number of carbonyl (C=O) groups excluding carboxylic acids is 1. The van der Waals surface area contributed by atoms with E-state index in [1.807, 2.05) is 0 Å². The molecule has 0 saturated heterocycles. The first-order chi connectivity index (χ1) is 6.52. The van der Waals surface area contributed by atoms with Gasteiger partial charge in [-0.2, -0.15) is 0 Å². The molecule has 0 aromatic heterocycles. The summed E-state index contributed by atoms with van der Waals surface area (Å²) in [4.78, 5) is 10.9. The van der Waals surface area contributed by atoms with Crippen molar-refractivity contribution >= 4 is 5.91 Å². The predicted octanol–water partition coefficient (Wildman–Crippen LogP) is 0.121. The first kappa shape index (κ1) is 13.4. The Balaban J connectivity index is 3.59. The Kier molecular flexibility index (Phi) is 6.49. The van der Waals surface area contributed by atoms with Crippen LogP contribution >= 0.6 is 0 Å². The lowest BCUT2D eigenvalue weighted by Crippen LogP contribution is -2.37. The average Bonchev–Trinajstić information content (AvgIpc) is 2.14. The standard InChI is InChI=1S/C10H22N2O2/c1-10(2,5-4-6-13)8-12-7-9(14)11-3/h12-13H,4-8H2,1-3H3,(H,11,14). The maximum atomic E-state index is 10.9. The van der Waals surface area contributed by atoms with E-state index < -0.39 is 0 Å². The van der Waals surface area contributed by atoms with Crippen molar-refractivity contribution in [1.82, 2.24) is 10.6 Å². The monoisotopic (exact) mass is 202 g/mol. The fourth-order valence-electron chi connectivity index (χ4n) is 1.25. The highest BCUT2D eigenvalue weighted by molar-refractivity contribution is 5.77. The van der Waals surface area contributed by atoms with E-state index in [4.69, 9.17) is 5.11 Å². The molecule has 4 heteroatoms. The number of amides is 1. The lowest BCUT2D eigenvalue weighted by molar-refractivity contribution is -0.119. The minimum absolute atomic E-state index is 0.00274. The van der Waals surface area contributed by atoms with Crippen molar-refractivity contribution in [1.29, 1.82) is 0 Å². The summed E-state index contributed by atoms with van der Waals surface area (Å²) in [5.41, 5.74) is 0.136. The molecule has 0 aliphatic carbocycles. The van der Waals surface area contributed by atoms with E-state index in [0.29, 0.717) is 6.54 Å². The normalized spacial score (nSPS) is 11.4. The van der Waals surface area contributed by atoms with Crippen molar-refractivity contribution < 1.29 is 9.90 Å². The second-order valence-electron chi connectivity index (χ2n) is 4.27. The molecule has 0 aliphatic rings. The molecule has 0 atom stereocenters. The molecule has 14 heavy (non-hydrogen) atoms. The maximum absolute atomic E-state index is 10.9. The molecule has 84 valence electrons. The Morgan fingerprint density at radius 3 is 2.57 bits per heavy atom. The van der Waals surface area contributed by atoms with Crippen LogP contribution in [-0.2, 0) is 4.79 Å². The molecule has 0 aliphatic heterocycles. The molecule has 0 saturated carbocycles. The van der Waals surface area contributed by atoms with Gasteiger partial charge in [-0.05, 0) is 18.3 Å². The molecule has 4 nitrogen and oxygen atoms in total. The number of aliphatic hydroxyl groups excluding tert-OH is 1. The molecule has 0 rings (SSSR count). The van der Waals surface area contributed by atoms with E-state index in [1.165, 1.54) is 0 Å². The number of aliphatic hydroxyl groups is 1. The van der Waals surface area contributed by atoms with E-state index in [1.54, 1.807) is 7.05 Å². The molecule has 1 amide bonds. The number of likely N-dealkylation sites (N-methyl/N-ethyl adjacent to an activating group) is 1. The Morgan fingerprint density at radius 1 is 1.43 bits per heavy atom. The minimum Gasteiger partial charge on any atom is -0.396 e. The van der Waals surface area contributed by atoms with E-state index in [-0.39, 0.29) is 17.9 Å². The molecular weight excluding hydrogens is 180 g/mol. The highest BCUT2D eigenvalue weighted by Crippen LogP contribution is 2.20. The van der Waals surface area contributed by atoms with E-state index in [0.717, 1.165) is 19.4 Å². The number of carbonyl (C=O) groups is 1.